The first-order valence-electron chi connectivity index (χ1n) is 11.9. The van der Waals surface area contributed by atoms with E-state index in [1.54, 1.807) is 0 Å². The molecule has 0 bridgehead atoms. The summed E-state index contributed by atoms with van der Waals surface area (Å²) >= 11 is 0. The summed E-state index contributed by atoms with van der Waals surface area (Å²) in [5, 5.41) is 6.84. The van der Waals surface area contributed by atoms with Crippen molar-refractivity contribution in [1.29, 1.82) is 0 Å². The van der Waals surface area contributed by atoms with Crippen molar-refractivity contribution in [2.45, 2.75) is 64.5 Å². The molecule has 4 rings (SSSR count). The van der Waals surface area contributed by atoms with Gasteiger partial charge in [-0.25, -0.2) is 4.99 Å². The first-order chi connectivity index (χ1) is 15.1. The molecule has 2 aliphatic heterocycles. The SMILES string of the molecule is CCNC(=NCc1ccc(N2CCCC2=O)cc1)NC1CCN(C(=O)C2CCCC2)C1. The van der Waals surface area contributed by atoms with Crippen molar-refractivity contribution < 1.29 is 9.59 Å². The second kappa shape index (κ2) is 10.2. The zero-order chi connectivity index (χ0) is 21.6. The highest BCUT2D eigenvalue weighted by Gasteiger charge is 2.32. The zero-order valence-electron chi connectivity index (χ0n) is 18.6. The van der Waals surface area contributed by atoms with E-state index in [0.29, 0.717) is 18.9 Å². The molecule has 1 aromatic rings. The van der Waals surface area contributed by atoms with Crippen molar-refractivity contribution in [3.05, 3.63) is 29.8 Å². The molecule has 1 saturated carbocycles. The fraction of sp³-hybridized carbons (Fsp3) is 0.625. The maximum atomic E-state index is 12.7. The van der Waals surface area contributed by atoms with E-state index >= 15 is 0 Å². The molecule has 2 N–H and O–H groups in total. The van der Waals surface area contributed by atoms with Crippen molar-refractivity contribution in [1.82, 2.24) is 15.5 Å². The molecule has 31 heavy (non-hydrogen) atoms. The quantitative estimate of drug-likeness (QED) is 0.543. The first-order valence-corrected chi connectivity index (χ1v) is 11.9. The van der Waals surface area contributed by atoms with Gasteiger partial charge in [-0.3, -0.25) is 9.59 Å². The van der Waals surface area contributed by atoms with E-state index in [1.807, 2.05) is 34.1 Å². The Balaban J connectivity index is 1.31. The van der Waals surface area contributed by atoms with Gasteiger partial charge < -0.3 is 20.4 Å². The average molecular weight is 426 g/mol. The Kier molecular flexibility index (Phi) is 7.10. The lowest BCUT2D eigenvalue weighted by molar-refractivity contribution is -0.134. The molecule has 3 fully saturated rings. The normalized spacial score (nSPS) is 22.4. The molecule has 1 aliphatic carbocycles. The van der Waals surface area contributed by atoms with Gasteiger partial charge in [-0.05, 0) is 50.3 Å². The number of aliphatic imine (C=N–C) groups is 1. The molecular weight excluding hydrogens is 390 g/mol. The number of nitrogens with one attached hydrogen (secondary N) is 2. The minimum absolute atomic E-state index is 0.210. The lowest BCUT2D eigenvalue weighted by Gasteiger charge is -2.21. The van der Waals surface area contributed by atoms with E-state index in [0.717, 1.165) is 69.1 Å². The number of guanidine groups is 1. The van der Waals surface area contributed by atoms with E-state index in [4.69, 9.17) is 4.99 Å². The molecule has 0 radical (unpaired) electrons. The molecule has 7 nitrogen and oxygen atoms in total. The molecule has 1 atom stereocenters. The summed E-state index contributed by atoms with van der Waals surface area (Å²) in [6, 6.07) is 8.36. The van der Waals surface area contributed by atoms with Crippen molar-refractivity contribution in [2.24, 2.45) is 10.9 Å². The minimum atomic E-state index is 0.210. The highest BCUT2D eigenvalue weighted by molar-refractivity contribution is 5.95. The average Bonchev–Trinajstić information content (AvgIpc) is 3.54. The number of hydrogen-bond acceptors (Lipinski definition) is 3. The van der Waals surface area contributed by atoms with Crippen LogP contribution in [0.5, 0.6) is 0 Å². The second-order valence-corrected chi connectivity index (χ2v) is 8.91. The van der Waals surface area contributed by atoms with Gasteiger partial charge in [0.25, 0.3) is 0 Å². The van der Waals surface area contributed by atoms with Gasteiger partial charge in [0.2, 0.25) is 11.8 Å². The Bertz CT molecular complexity index is 801. The number of anilines is 1. The predicted molar refractivity (Wildman–Crippen MR) is 123 cm³/mol. The van der Waals surface area contributed by atoms with Crippen molar-refractivity contribution >= 4 is 23.5 Å². The monoisotopic (exact) mass is 425 g/mol. The maximum absolute atomic E-state index is 12.7. The third kappa shape index (κ3) is 5.38. The Labute approximate surface area is 185 Å². The summed E-state index contributed by atoms with van der Waals surface area (Å²) in [6.07, 6.45) is 7.05. The van der Waals surface area contributed by atoms with Crippen LogP contribution in [0.3, 0.4) is 0 Å². The number of amides is 2. The number of rotatable bonds is 6. The molecule has 0 aromatic heterocycles. The maximum Gasteiger partial charge on any atom is 0.227 e. The summed E-state index contributed by atoms with van der Waals surface area (Å²) in [4.78, 5) is 33.2. The van der Waals surface area contributed by atoms with Crippen LogP contribution in [0.1, 0.15) is 57.4 Å². The second-order valence-electron chi connectivity index (χ2n) is 8.91. The van der Waals surface area contributed by atoms with Crippen LogP contribution in [-0.4, -0.2) is 54.9 Å². The van der Waals surface area contributed by atoms with E-state index < -0.39 is 0 Å². The highest BCUT2D eigenvalue weighted by atomic mass is 16.2. The fourth-order valence-corrected chi connectivity index (χ4v) is 4.90. The Hall–Kier alpha value is -2.57. The zero-order valence-corrected chi connectivity index (χ0v) is 18.6. The van der Waals surface area contributed by atoms with Gasteiger partial charge in [0.05, 0.1) is 6.54 Å². The molecular formula is C24H35N5O2. The molecule has 1 unspecified atom stereocenters. The van der Waals surface area contributed by atoms with Crippen LogP contribution in [0, 0.1) is 5.92 Å². The summed E-state index contributed by atoms with van der Waals surface area (Å²) in [5.41, 5.74) is 2.08. The highest BCUT2D eigenvalue weighted by Crippen LogP contribution is 2.28. The van der Waals surface area contributed by atoms with Crippen LogP contribution in [-0.2, 0) is 16.1 Å². The van der Waals surface area contributed by atoms with Gasteiger partial charge >= 0.3 is 0 Å². The summed E-state index contributed by atoms with van der Waals surface area (Å²) in [5.74, 6) is 1.60. The van der Waals surface area contributed by atoms with E-state index in [1.165, 1.54) is 12.8 Å². The van der Waals surface area contributed by atoms with E-state index in [2.05, 4.69) is 17.6 Å². The molecule has 3 aliphatic rings. The number of carbonyl (C=O) groups is 2. The van der Waals surface area contributed by atoms with Crippen LogP contribution in [0.25, 0.3) is 0 Å². The fourth-order valence-electron chi connectivity index (χ4n) is 4.90. The van der Waals surface area contributed by atoms with Crippen molar-refractivity contribution in [3.63, 3.8) is 0 Å². The Morgan fingerprint density at radius 3 is 2.55 bits per heavy atom. The lowest BCUT2D eigenvalue weighted by Crippen LogP contribution is -2.45. The number of nitrogens with zero attached hydrogens (tertiary/aromatic N) is 3. The van der Waals surface area contributed by atoms with Gasteiger partial charge in [-0.1, -0.05) is 25.0 Å². The number of benzene rings is 1. The Morgan fingerprint density at radius 2 is 1.87 bits per heavy atom. The summed E-state index contributed by atoms with van der Waals surface area (Å²) in [6.45, 7) is 5.83. The summed E-state index contributed by atoms with van der Waals surface area (Å²) in [7, 11) is 0. The molecule has 7 heteroatoms. The van der Waals surface area contributed by atoms with E-state index in [9.17, 15) is 9.59 Å². The number of likely N-dealkylation sites (tertiary alicyclic amines) is 1. The van der Waals surface area contributed by atoms with Crippen LogP contribution < -0.4 is 15.5 Å². The van der Waals surface area contributed by atoms with Crippen LogP contribution in [0.15, 0.2) is 29.3 Å². The molecule has 0 spiro atoms. The molecule has 2 amide bonds. The molecule has 168 valence electrons. The molecule has 2 saturated heterocycles. The lowest BCUT2D eigenvalue weighted by atomic mass is 10.1. The Morgan fingerprint density at radius 1 is 1.10 bits per heavy atom. The minimum Gasteiger partial charge on any atom is -0.357 e. The van der Waals surface area contributed by atoms with Gasteiger partial charge in [0.1, 0.15) is 0 Å². The van der Waals surface area contributed by atoms with Crippen LogP contribution >= 0.6 is 0 Å². The third-order valence-electron chi connectivity index (χ3n) is 6.63. The smallest absolute Gasteiger partial charge is 0.227 e. The predicted octanol–water partition coefficient (Wildman–Crippen LogP) is 2.66. The first kappa shape index (κ1) is 21.7. The van der Waals surface area contributed by atoms with Crippen LogP contribution in [0.2, 0.25) is 0 Å². The largest absolute Gasteiger partial charge is 0.357 e. The molecule has 2 heterocycles. The van der Waals surface area contributed by atoms with E-state index in [-0.39, 0.29) is 17.9 Å². The van der Waals surface area contributed by atoms with Crippen molar-refractivity contribution in [3.8, 4) is 0 Å². The standard InChI is InChI=1S/C24H35N5O2/c1-2-25-24(27-20-13-15-28(17-20)23(31)19-6-3-4-7-19)26-16-18-9-11-21(12-10-18)29-14-5-8-22(29)30/h9-12,19-20H,2-8,13-17H2,1H3,(H2,25,26,27). The van der Waals surface area contributed by atoms with Gasteiger partial charge in [0.15, 0.2) is 5.96 Å². The van der Waals surface area contributed by atoms with Gasteiger partial charge in [-0.2, -0.15) is 0 Å². The third-order valence-corrected chi connectivity index (χ3v) is 6.63. The summed E-state index contributed by atoms with van der Waals surface area (Å²) < 4.78 is 0. The van der Waals surface area contributed by atoms with Crippen molar-refractivity contribution in [2.75, 3.05) is 31.1 Å². The van der Waals surface area contributed by atoms with Crippen LogP contribution in [0.4, 0.5) is 5.69 Å². The number of hydrogen-bond donors (Lipinski definition) is 2. The molecule has 1 aromatic carbocycles. The topological polar surface area (TPSA) is 77.0 Å². The number of carbonyl (C=O) groups excluding carboxylic acids is 2. The van der Waals surface area contributed by atoms with Gasteiger partial charge in [-0.15, -0.1) is 0 Å². The van der Waals surface area contributed by atoms with Gasteiger partial charge in [0, 0.05) is 50.2 Å².